The zero-order chi connectivity index (χ0) is 19.6. The van der Waals surface area contributed by atoms with E-state index in [2.05, 4.69) is 60.6 Å². The molecule has 3 nitrogen and oxygen atoms in total. The molecule has 0 radical (unpaired) electrons. The van der Waals surface area contributed by atoms with Crippen LogP contribution < -0.4 is 5.32 Å². The standard InChI is InChI=1S/C12H17NO.C12H15N/c1-10(2)12(14)13-9-8-11-6-4-3-5-7-11;1-9(2)12-11-6-4-3-5-10(11)7-8-13-12/h3-7,10H,8-9H2,1-2H3,(H,13,14);3-6,9H,7-8H2,1-2H3. The first-order valence-corrected chi connectivity index (χ1v) is 9.93. The third-order valence-electron chi connectivity index (χ3n) is 4.58. The monoisotopic (exact) mass is 364 g/mol. The largest absolute Gasteiger partial charge is 0.356 e. The van der Waals surface area contributed by atoms with Crippen LogP contribution in [0.4, 0.5) is 0 Å². The third kappa shape index (κ3) is 6.67. The highest BCUT2D eigenvalue weighted by atomic mass is 16.1. The Morgan fingerprint density at radius 3 is 2.33 bits per heavy atom. The van der Waals surface area contributed by atoms with Gasteiger partial charge in [-0.05, 0) is 35.4 Å². The van der Waals surface area contributed by atoms with Crippen LogP contribution >= 0.6 is 0 Å². The van der Waals surface area contributed by atoms with E-state index in [0.29, 0.717) is 5.92 Å². The molecule has 0 spiro atoms. The van der Waals surface area contributed by atoms with Crippen LogP contribution in [0.25, 0.3) is 0 Å². The minimum Gasteiger partial charge on any atom is -0.356 e. The van der Waals surface area contributed by atoms with Crippen molar-refractivity contribution in [2.75, 3.05) is 13.1 Å². The second kappa shape index (κ2) is 10.7. The van der Waals surface area contributed by atoms with Gasteiger partial charge in [0.15, 0.2) is 0 Å². The molecule has 2 aromatic rings. The van der Waals surface area contributed by atoms with Crippen LogP contribution in [0, 0.1) is 11.8 Å². The summed E-state index contributed by atoms with van der Waals surface area (Å²) in [5.74, 6) is 0.744. The van der Waals surface area contributed by atoms with E-state index in [1.54, 1.807) is 0 Å². The minimum atomic E-state index is 0.0748. The van der Waals surface area contributed by atoms with Crippen molar-refractivity contribution in [3.8, 4) is 0 Å². The number of benzene rings is 2. The fourth-order valence-corrected chi connectivity index (χ4v) is 3.04. The molecule has 0 bridgehead atoms. The summed E-state index contributed by atoms with van der Waals surface area (Å²) < 4.78 is 0. The molecule has 27 heavy (non-hydrogen) atoms. The number of nitrogens with zero attached hydrogens (tertiary/aromatic N) is 1. The summed E-state index contributed by atoms with van der Waals surface area (Å²) in [6, 6.07) is 18.8. The Labute approximate surface area is 163 Å². The number of nitrogens with one attached hydrogen (secondary N) is 1. The lowest BCUT2D eigenvalue weighted by Crippen LogP contribution is -2.29. The lowest BCUT2D eigenvalue weighted by molar-refractivity contribution is -0.123. The number of carbonyl (C=O) groups excluding carboxylic acids is 1. The van der Waals surface area contributed by atoms with Gasteiger partial charge in [-0.25, -0.2) is 0 Å². The van der Waals surface area contributed by atoms with Crippen molar-refractivity contribution in [2.24, 2.45) is 16.8 Å². The van der Waals surface area contributed by atoms with E-state index < -0.39 is 0 Å². The summed E-state index contributed by atoms with van der Waals surface area (Å²) in [6.45, 7) is 9.91. The lowest BCUT2D eigenvalue weighted by Gasteiger charge is -2.18. The van der Waals surface area contributed by atoms with Crippen LogP contribution in [0.1, 0.15) is 44.4 Å². The lowest BCUT2D eigenvalue weighted by atomic mass is 9.92. The molecule has 1 N–H and O–H groups in total. The number of rotatable bonds is 5. The van der Waals surface area contributed by atoms with Gasteiger partial charge in [0, 0.05) is 24.7 Å². The van der Waals surface area contributed by atoms with Gasteiger partial charge in [0.1, 0.15) is 0 Å². The molecule has 0 saturated heterocycles. The van der Waals surface area contributed by atoms with Crippen molar-refractivity contribution in [1.82, 2.24) is 5.32 Å². The summed E-state index contributed by atoms with van der Waals surface area (Å²) in [7, 11) is 0. The first-order chi connectivity index (χ1) is 13.0. The van der Waals surface area contributed by atoms with Crippen molar-refractivity contribution in [1.29, 1.82) is 0 Å². The number of hydrogen-bond acceptors (Lipinski definition) is 2. The van der Waals surface area contributed by atoms with Crippen molar-refractivity contribution in [3.63, 3.8) is 0 Å². The number of hydrogen-bond donors (Lipinski definition) is 1. The van der Waals surface area contributed by atoms with Gasteiger partial charge >= 0.3 is 0 Å². The summed E-state index contributed by atoms with van der Waals surface area (Å²) in [6.07, 6.45) is 2.01. The van der Waals surface area contributed by atoms with Crippen LogP contribution in [0.5, 0.6) is 0 Å². The predicted molar refractivity (Wildman–Crippen MR) is 114 cm³/mol. The molecule has 0 atom stereocenters. The van der Waals surface area contributed by atoms with E-state index in [1.807, 2.05) is 32.0 Å². The zero-order valence-electron chi connectivity index (χ0n) is 17.0. The highest BCUT2D eigenvalue weighted by molar-refractivity contribution is 6.03. The summed E-state index contributed by atoms with van der Waals surface area (Å²) in [5.41, 5.74) is 5.36. The molecular formula is C24H32N2O. The topological polar surface area (TPSA) is 41.5 Å². The average molecular weight is 365 g/mol. The molecule has 1 aliphatic rings. The van der Waals surface area contributed by atoms with Crippen LogP contribution in [0.2, 0.25) is 0 Å². The molecule has 1 aliphatic heterocycles. The maximum atomic E-state index is 11.2. The van der Waals surface area contributed by atoms with Gasteiger partial charge in [-0.3, -0.25) is 9.79 Å². The number of carbonyl (C=O) groups is 1. The van der Waals surface area contributed by atoms with Gasteiger partial charge in [0.2, 0.25) is 5.91 Å². The summed E-state index contributed by atoms with van der Waals surface area (Å²) in [4.78, 5) is 15.8. The number of amides is 1. The van der Waals surface area contributed by atoms with Crippen molar-refractivity contribution >= 4 is 11.6 Å². The first kappa shape index (κ1) is 20.9. The van der Waals surface area contributed by atoms with Gasteiger partial charge in [0.25, 0.3) is 0 Å². The van der Waals surface area contributed by atoms with Crippen molar-refractivity contribution in [2.45, 2.75) is 40.5 Å². The SMILES string of the molecule is CC(C)C(=O)NCCc1ccccc1.CC(C)C1=NCCc2ccccc21. The maximum absolute atomic E-state index is 11.2. The van der Waals surface area contributed by atoms with Crippen LogP contribution in [-0.2, 0) is 17.6 Å². The van der Waals surface area contributed by atoms with Gasteiger partial charge in [0.05, 0.1) is 0 Å². The molecule has 0 saturated carbocycles. The normalized spacial score (nSPS) is 12.7. The fourth-order valence-electron chi connectivity index (χ4n) is 3.04. The molecule has 1 heterocycles. The quantitative estimate of drug-likeness (QED) is 0.822. The average Bonchev–Trinajstić information content (AvgIpc) is 2.68. The summed E-state index contributed by atoms with van der Waals surface area (Å²) >= 11 is 0. The first-order valence-electron chi connectivity index (χ1n) is 9.93. The molecule has 2 aromatic carbocycles. The highest BCUT2D eigenvalue weighted by Crippen LogP contribution is 2.19. The molecule has 3 heteroatoms. The van der Waals surface area contributed by atoms with Crippen molar-refractivity contribution < 1.29 is 4.79 Å². The van der Waals surface area contributed by atoms with Gasteiger partial charge in [-0.2, -0.15) is 0 Å². The van der Waals surface area contributed by atoms with Gasteiger partial charge < -0.3 is 5.32 Å². The van der Waals surface area contributed by atoms with E-state index in [9.17, 15) is 4.79 Å². The Kier molecular flexibility index (Phi) is 8.25. The predicted octanol–water partition coefficient (Wildman–Crippen LogP) is 4.69. The number of fused-ring (bicyclic) bond motifs is 1. The Bertz CT molecular complexity index is 748. The van der Waals surface area contributed by atoms with E-state index in [4.69, 9.17) is 0 Å². The van der Waals surface area contributed by atoms with E-state index >= 15 is 0 Å². The molecule has 3 rings (SSSR count). The third-order valence-corrected chi connectivity index (χ3v) is 4.58. The van der Waals surface area contributed by atoms with Gasteiger partial charge in [-0.1, -0.05) is 82.3 Å². The smallest absolute Gasteiger partial charge is 0.222 e. The molecule has 0 aliphatic carbocycles. The van der Waals surface area contributed by atoms with E-state index in [-0.39, 0.29) is 11.8 Å². The highest BCUT2D eigenvalue weighted by Gasteiger charge is 2.15. The molecule has 1 amide bonds. The van der Waals surface area contributed by atoms with Gasteiger partial charge in [-0.15, -0.1) is 0 Å². The molecule has 0 fully saturated rings. The Morgan fingerprint density at radius 1 is 1.00 bits per heavy atom. The Balaban J connectivity index is 0.000000194. The second-order valence-corrected chi connectivity index (χ2v) is 7.51. The minimum absolute atomic E-state index is 0.0748. The molecule has 0 unspecified atom stereocenters. The maximum Gasteiger partial charge on any atom is 0.222 e. The Hall–Kier alpha value is -2.42. The van der Waals surface area contributed by atoms with E-state index in [1.165, 1.54) is 22.4 Å². The molecule has 0 aromatic heterocycles. The summed E-state index contributed by atoms with van der Waals surface area (Å²) in [5, 5.41) is 2.89. The molecule has 144 valence electrons. The van der Waals surface area contributed by atoms with Crippen LogP contribution in [0.3, 0.4) is 0 Å². The van der Waals surface area contributed by atoms with Crippen molar-refractivity contribution in [3.05, 3.63) is 71.3 Å². The second-order valence-electron chi connectivity index (χ2n) is 7.51. The van der Waals surface area contributed by atoms with Crippen LogP contribution in [-0.4, -0.2) is 24.7 Å². The molecular weight excluding hydrogens is 332 g/mol. The van der Waals surface area contributed by atoms with Crippen LogP contribution in [0.15, 0.2) is 59.6 Å². The Morgan fingerprint density at radius 2 is 1.67 bits per heavy atom. The number of aliphatic imine (C=N–C) groups is 1. The fraction of sp³-hybridized carbons (Fsp3) is 0.417. The van der Waals surface area contributed by atoms with E-state index in [0.717, 1.165) is 25.9 Å². The zero-order valence-corrected chi connectivity index (χ0v) is 17.0.